The fraction of sp³-hybridized carbons (Fsp3) is 1.00. The van der Waals surface area contributed by atoms with Gasteiger partial charge in [0.15, 0.2) is 0 Å². The second-order valence-electron chi connectivity index (χ2n) is 2.53. The maximum absolute atomic E-state index is 10.7. The molecule has 9 heavy (non-hydrogen) atoms. The molecule has 0 aromatic carbocycles. The van der Waals surface area contributed by atoms with E-state index in [-0.39, 0.29) is 0 Å². The monoisotopic (exact) mass is 145 g/mol. The van der Waals surface area contributed by atoms with Crippen LogP contribution in [-0.4, -0.2) is 27.6 Å². The lowest BCUT2D eigenvalue weighted by Crippen LogP contribution is -2.18. The molecule has 2 aliphatic heterocycles. The van der Waals surface area contributed by atoms with E-state index >= 15 is 0 Å². The third-order valence-electron chi connectivity index (χ3n) is 1.88. The van der Waals surface area contributed by atoms with Gasteiger partial charge in [0.05, 0.1) is 10.2 Å². The van der Waals surface area contributed by atoms with Crippen molar-refractivity contribution in [1.29, 1.82) is 0 Å². The molecule has 0 amide bonds. The first kappa shape index (κ1) is 5.68. The Morgan fingerprint density at radius 3 is 3.33 bits per heavy atom. The van der Waals surface area contributed by atoms with E-state index in [4.69, 9.17) is 0 Å². The highest BCUT2D eigenvalue weighted by molar-refractivity contribution is 7.91. The average Bonchev–Trinajstić information content (AvgIpc) is 2.22. The molecule has 1 unspecified atom stereocenters. The van der Waals surface area contributed by atoms with Gasteiger partial charge in [-0.3, -0.25) is 0 Å². The zero-order valence-electron chi connectivity index (χ0n) is 5.12. The molecule has 2 fully saturated rings. The largest absolute Gasteiger partial charge is 0.309 e. The van der Waals surface area contributed by atoms with Gasteiger partial charge in [-0.1, -0.05) is 0 Å². The summed E-state index contributed by atoms with van der Waals surface area (Å²) in [7, 11) is 0. The van der Waals surface area contributed by atoms with Crippen molar-refractivity contribution in [2.75, 3.05) is 13.1 Å². The van der Waals surface area contributed by atoms with Gasteiger partial charge in [-0.25, -0.2) is 0 Å². The van der Waals surface area contributed by atoms with E-state index in [9.17, 15) is 4.91 Å². The minimum absolute atomic E-state index is 0.562. The number of nitrogens with zero attached hydrogens (tertiary/aromatic N) is 2. The summed E-state index contributed by atoms with van der Waals surface area (Å²) in [5.74, 6) is 0. The van der Waals surface area contributed by atoms with Gasteiger partial charge in [0.1, 0.15) is 0 Å². The van der Waals surface area contributed by atoms with Gasteiger partial charge in [-0.2, -0.15) is 4.31 Å². The van der Waals surface area contributed by atoms with Crippen molar-refractivity contribution in [3.8, 4) is 0 Å². The van der Waals surface area contributed by atoms with Gasteiger partial charge in [0.2, 0.25) is 6.54 Å². The second-order valence-corrected chi connectivity index (χ2v) is 3.57. The molecule has 2 heterocycles. The van der Waals surface area contributed by atoms with Crippen LogP contribution in [0.15, 0.2) is 0 Å². The minimum atomic E-state index is 0.562. The highest BCUT2D eigenvalue weighted by atomic mass is 32.2. The summed E-state index contributed by atoms with van der Waals surface area (Å²) in [4.78, 5) is 10.7. The Morgan fingerprint density at radius 2 is 2.56 bits per heavy atom. The van der Waals surface area contributed by atoms with Crippen LogP contribution in [0.3, 0.4) is 0 Å². The van der Waals surface area contributed by atoms with Gasteiger partial charge >= 0.3 is 12.1 Å². The highest BCUT2D eigenvalue weighted by Gasteiger charge is 2.42. The summed E-state index contributed by atoms with van der Waals surface area (Å²) < 4.78 is 3.26. The number of fused-ring (bicyclic) bond motifs is 1. The Hall–Kier alpha value is -0.0900. The number of hydrogen-bond acceptors (Lipinski definition) is 3. The van der Waals surface area contributed by atoms with Crippen molar-refractivity contribution >= 4 is 12.1 Å². The predicted octanol–water partition coefficient (Wildman–Crippen LogP) is 0.806. The molecule has 50 valence electrons. The fourth-order valence-electron chi connectivity index (χ4n) is 1.42. The van der Waals surface area contributed by atoms with E-state index in [1.54, 1.807) is 0 Å². The third kappa shape index (κ3) is 0.861. The van der Waals surface area contributed by atoms with Crippen molar-refractivity contribution in [3.63, 3.8) is 0 Å². The molecule has 0 N–H and O–H groups in total. The molecule has 4 heteroatoms. The maximum Gasteiger partial charge on any atom is 0.309 e. The zero-order valence-corrected chi connectivity index (χ0v) is 5.93. The van der Waals surface area contributed by atoms with Crippen LogP contribution in [0.4, 0.5) is 0 Å². The van der Waals surface area contributed by atoms with E-state index in [1.165, 1.54) is 25.0 Å². The molecule has 3 nitrogen and oxygen atoms in total. The smallest absolute Gasteiger partial charge is 0.178 e. The lowest BCUT2D eigenvalue weighted by molar-refractivity contribution is -0.363. The topological polar surface area (TPSA) is 23.3 Å². The molecule has 0 bridgehead atoms. The maximum atomic E-state index is 10.7. The minimum Gasteiger partial charge on any atom is -0.178 e. The van der Waals surface area contributed by atoms with Crippen molar-refractivity contribution < 1.29 is 4.17 Å². The second kappa shape index (κ2) is 1.95. The number of rotatable bonds is 0. The van der Waals surface area contributed by atoms with E-state index in [0.29, 0.717) is 12.6 Å². The first-order valence-corrected chi connectivity index (χ1v) is 3.99. The van der Waals surface area contributed by atoms with Crippen LogP contribution in [0.1, 0.15) is 12.8 Å². The van der Waals surface area contributed by atoms with Gasteiger partial charge in [0, 0.05) is 11.5 Å². The summed E-state index contributed by atoms with van der Waals surface area (Å²) in [6.45, 7) is 1.82. The molecule has 2 saturated heterocycles. The molecule has 0 spiro atoms. The van der Waals surface area contributed by atoms with Gasteiger partial charge in [0.25, 0.3) is 0 Å². The van der Waals surface area contributed by atoms with E-state index < -0.39 is 0 Å². The van der Waals surface area contributed by atoms with Crippen LogP contribution in [0.2, 0.25) is 0 Å². The molecular weight excluding hydrogens is 136 g/mol. The summed E-state index contributed by atoms with van der Waals surface area (Å²) in [6.07, 6.45) is 2.48. The van der Waals surface area contributed by atoms with Crippen molar-refractivity contribution in [1.82, 2.24) is 4.31 Å². The molecule has 0 saturated carbocycles. The highest BCUT2D eigenvalue weighted by Crippen LogP contribution is 2.31. The number of hydrogen-bond donors (Lipinski definition) is 0. The SMILES string of the molecule is O=[N+]1CC2CCCN2S1. The Balaban J connectivity index is 2.09. The van der Waals surface area contributed by atoms with E-state index in [0.717, 1.165) is 10.7 Å². The van der Waals surface area contributed by atoms with Crippen LogP contribution in [0.25, 0.3) is 0 Å². The Bertz CT molecular complexity index is 136. The summed E-state index contributed by atoms with van der Waals surface area (Å²) in [5, 5.41) is 0. The van der Waals surface area contributed by atoms with Crippen molar-refractivity contribution in [2.45, 2.75) is 18.9 Å². The summed E-state index contributed by atoms with van der Waals surface area (Å²) >= 11 is 1.35. The molecule has 0 aromatic heterocycles. The molecule has 1 atom stereocenters. The predicted molar refractivity (Wildman–Crippen MR) is 35.8 cm³/mol. The lowest BCUT2D eigenvalue weighted by Gasteiger charge is -2.00. The third-order valence-corrected chi connectivity index (χ3v) is 2.90. The Kier molecular flexibility index (Phi) is 1.23. The summed E-state index contributed by atoms with van der Waals surface area (Å²) in [6, 6.07) is 0.562. The van der Waals surface area contributed by atoms with Crippen LogP contribution in [0.5, 0.6) is 0 Å². The van der Waals surface area contributed by atoms with E-state index in [2.05, 4.69) is 4.31 Å². The first-order valence-electron chi connectivity index (χ1n) is 3.25. The molecule has 2 aliphatic rings. The average molecular weight is 145 g/mol. The molecule has 0 aromatic rings. The summed E-state index contributed by atoms with van der Waals surface area (Å²) in [5.41, 5.74) is 0. The van der Waals surface area contributed by atoms with E-state index in [1.807, 2.05) is 0 Å². The quantitative estimate of drug-likeness (QED) is 0.372. The van der Waals surface area contributed by atoms with Crippen LogP contribution in [0, 0.1) is 4.91 Å². The normalized spacial score (nSPS) is 35.6. The Labute approximate surface area is 58.2 Å². The number of nitroso groups, excluding NO2 is 1. The van der Waals surface area contributed by atoms with Crippen LogP contribution >= 0.6 is 12.1 Å². The van der Waals surface area contributed by atoms with Crippen LogP contribution < -0.4 is 0 Å². The van der Waals surface area contributed by atoms with Crippen molar-refractivity contribution in [2.24, 2.45) is 0 Å². The molecular formula is C5H9N2OS+. The lowest BCUT2D eigenvalue weighted by atomic mass is 10.2. The van der Waals surface area contributed by atoms with Gasteiger partial charge in [-0.15, -0.1) is 0 Å². The van der Waals surface area contributed by atoms with Gasteiger partial charge in [-0.05, 0) is 12.8 Å². The van der Waals surface area contributed by atoms with Gasteiger partial charge < -0.3 is 0 Å². The molecule has 2 rings (SSSR count). The Morgan fingerprint density at radius 1 is 1.67 bits per heavy atom. The first-order chi connectivity index (χ1) is 4.36. The standard InChI is InChI=1S/C5H9N2OS/c8-7-4-5-2-1-3-6(5)9-7/h5H,1-4H2/q+1. The van der Waals surface area contributed by atoms with Crippen LogP contribution in [-0.2, 0) is 0 Å². The molecule has 0 radical (unpaired) electrons. The fourth-order valence-corrected chi connectivity index (χ4v) is 2.41. The molecule has 0 aliphatic carbocycles. The zero-order chi connectivity index (χ0) is 6.27. The van der Waals surface area contributed by atoms with Crippen molar-refractivity contribution in [3.05, 3.63) is 4.91 Å².